The van der Waals surface area contributed by atoms with Gasteiger partial charge in [-0.2, -0.15) is 0 Å². The highest BCUT2D eigenvalue weighted by Crippen LogP contribution is 2.48. The summed E-state index contributed by atoms with van der Waals surface area (Å²) in [5, 5.41) is 0. The Bertz CT molecular complexity index is 998. The average molecular weight is 467 g/mol. The Morgan fingerprint density at radius 2 is 1.62 bits per heavy atom. The molecule has 0 amide bonds. The lowest BCUT2D eigenvalue weighted by Crippen LogP contribution is -2.30. The fraction of sp³-hybridized carbons (Fsp3) is 0.484. The van der Waals surface area contributed by atoms with Crippen molar-refractivity contribution in [2.45, 2.75) is 77.0 Å². The Morgan fingerprint density at radius 3 is 2.32 bits per heavy atom. The van der Waals surface area contributed by atoms with Crippen LogP contribution in [0.1, 0.15) is 81.8 Å². The van der Waals surface area contributed by atoms with Crippen molar-refractivity contribution in [1.29, 1.82) is 0 Å². The van der Waals surface area contributed by atoms with E-state index in [9.17, 15) is 4.39 Å². The lowest BCUT2D eigenvalue weighted by Gasteiger charge is -2.42. The standard InChI is InChI=1S/C31H37F3/c1-3-5-7-9-22-12-15-26(18-28(22)32)31-29(33)19-27(20-30(31)34)25-14-13-23-16-21(8-6-4-2)10-11-24(23)17-25/h3-5,12,15,18-21,23-25H,2,6-11,13-14,16-17H2,1H3/b5-3+. The lowest BCUT2D eigenvalue weighted by molar-refractivity contribution is 0.115. The van der Waals surface area contributed by atoms with Crippen LogP contribution < -0.4 is 0 Å². The first-order chi connectivity index (χ1) is 16.5. The van der Waals surface area contributed by atoms with Gasteiger partial charge in [0.2, 0.25) is 0 Å². The highest BCUT2D eigenvalue weighted by Gasteiger charge is 2.36. The summed E-state index contributed by atoms with van der Waals surface area (Å²) < 4.78 is 44.9. The van der Waals surface area contributed by atoms with E-state index >= 15 is 8.78 Å². The monoisotopic (exact) mass is 466 g/mol. The summed E-state index contributed by atoms with van der Waals surface area (Å²) in [6.07, 6.45) is 16.5. The van der Waals surface area contributed by atoms with E-state index in [2.05, 4.69) is 6.58 Å². The van der Waals surface area contributed by atoms with Crippen molar-refractivity contribution in [2.75, 3.05) is 0 Å². The fourth-order valence-corrected chi connectivity index (χ4v) is 6.32. The molecular formula is C31H37F3. The number of rotatable bonds is 8. The summed E-state index contributed by atoms with van der Waals surface area (Å²) in [4.78, 5) is 0. The summed E-state index contributed by atoms with van der Waals surface area (Å²) in [5.74, 6) is 0.830. The van der Waals surface area contributed by atoms with Crippen LogP contribution in [0.5, 0.6) is 0 Å². The summed E-state index contributed by atoms with van der Waals surface area (Å²) in [7, 11) is 0. The van der Waals surface area contributed by atoms with Gasteiger partial charge in [0.15, 0.2) is 0 Å². The van der Waals surface area contributed by atoms with Crippen molar-refractivity contribution in [3.63, 3.8) is 0 Å². The van der Waals surface area contributed by atoms with E-state index in [4.69, 9.17) is 0 Å². The molecule has 0 bridgehead atoms. The lowest BCUT2D eigenvalue weighted by atomic mass is 9.63. The molecule has 2 saturated carbocycles. The van der Waals surface area contributed by atoms with Crippen molar-refractivity contribution in [2.24, 2.45) is 17.8 Å². The molecule has 34 heavy (non-hydrogen) atoms. The molecule has 2 aliphatic carbocycles. The Labute approximate surface area is 203 Å². The van der Waals surface area contributed by atoms with Crippen LogP contribution in [-0.4, -0.2) is 0 Å². The van der Waals surface area contributed by atoms with Crippen LogP contribution in [0.15, 0.2) is 55.1 Å². The van der Waals surface area contributed by atoms with Crippen molar-refractivity contribution >= 4 is 0 Å². The van der Waals surface area contributed by atoms with Crippen LogP contribution in [0.3, 0.4) is 0 Å². The second-order valence-electron chi connectivity index (χ2n) is 10.3. The van der Waals surface area contributed by atoms with Crippen LogP contribution in [0.2, 0.25) is 0 Å². The topological polar surface area (TPSA) is 0 Å². The minimum Gasteiger partial charge on any atom is -0.207 e. The van der Waals surface area contributed by atoms with Gasteiger partial charge in [-0.05, 0) is 123 Å². The smallest absolute Gasteiger partial charge is 0.134 e. The Balaban J connectivity index is 1.46. The summed E-state index contributed by atoms with van der Waals surface area (Å²) in [6, 6.07) is 7.54. The molecule has 0 N–H and O–H groups in total. The molecular weight excluding hydrogens is 429 g/mol. The predicted octanol–water partition coefficient (Wildman–Crippen LogP) is 9.55. The van der Waals surface area contributed by atoms with E-state index in [0.717, 1.165) is 49.5 Å². The van der Waals surface area contributed by atoms with Gasteiger partial charge in [0.1, 0.15) is 17.5 Å². The van der Waals surface area contributed by atoms with E-state index in [1.807, 2.05) is 25.2 Å². The number of allylic oxidation sites excluding steroid dienone is 3. The summed E-state index contributed by atoms with van der Waals surface area (Å²) >= 11 is 0. The van der Waals surface area contributed by atoms with Crippen molar-refractivity contribution in [1.82, 2.24) is 0 Å². The molecule has 4 rings (SSSR count). The molecule has 182 valence electrons. The van der Waals surface area contributed by atoms with Gasteiger partial charge in [0.25, 0.3) is 0 Å². The normalized spacial score (nSPS) is 24.8. The Kier molecular flexibility index (Phi) is 8.34. The fourth-order valence-electron chi connectivity index (χ4n) is 6.32. The average Bonchev–Trinajstić information content (AvgIpc) is 2.83. The van der Waals surface area contributed by atoms with Crippen LogP contribution in [-0.2, 0) is 6.42 Å². The third-order valence-corrected chi connectivity index (χ3v) is 8.19. The molecule has 0 saturated heterocycles. The molecule has 0 aliphatic heterocycles. The van der Waals surface area contributed by atoms with E-state index in [-0.39, 0.29) is 17.0 Å². The van der Waals surface area contributed by atoms with Gasteiger partial charge in [-0.25, -0.2) is 13.2 Å². The maximum absolute atomic E-state index is 15.2. The molecule has 0 heterocycles. The van der Waals surface area contributed by atoms with Gasteiger partial charge in [-0.15, -0.1) is 6.58 Å². The number of hydrogen-bond acceptors (Lipinski definition) is 0. The van der Waals surface area contributed by atoms with Gasteiger partial charge in [0, 0.05) is 0 Å². The number of aryl methyl sites for hydroxylation is 1. The first-order valence-corrected chi connectivity index (χ1v) is 13.0. The zero-order chi connectivity index (χ0) is 24.1. The summed E-state index contributed by atoms with van der Waals surface area (Å²) in [5.41, 5.74) is 1.46. The number of halogens is 3. The van der Waals surface area contributed by atoms with Crippen LogP contribution in [0, 0.1) is 35.2 Å². The first-order valence-electron chi connectivity index (χ1n) is 13.0. The minimum absolute atomic E-state index is 0.126. The Hall–Kier alpha value is -2.29. The number of hydrogen-bond donors (Lipinski definition) is 0. The van der Waals surface area contributed by atoms with E-state index in [1.165, 1.54) is 43.9 Å². The zero-order valence-corrected chi connectivity index (χ0v) is 20.3. The van der Waals surface area contributed by atoms with Crippen LogP contribution in [0.25, 0.3) is 11.1 Å². The highest BCUT2D eigenvalue weighted by atomic mass is 19.1. The molecule has 0 aromatic heterocycles. The zero-order valence-electron chi connectivity index (χ0n) is 20.3. The van der Waals surface area contributed by atoms with Gasteiger partial charge >= 0.3 is 0 Å². The third kappa shape index (κ3) is 5.67. The van der Waals surface area contributed by atoms with Gasteiger partial charge in [-0.1, -0.05) is 36.8 Å². The van der Waals surface area contributed by atoms with Crippen molar-refractivity contribution in [3.05, 3.63) is 83.7 Å². The molecule has 4 atom stereocenters. The molecule has 2 aromatic rings. The maximum atomic E-state index is 15.2. The van der Waals surface area contributed by atoms with Gasteiger partial charge in [0.05, 0.1) is 5.56 Å². The van der Waals surface area contributed by atoms with Gasteiger partial charge in [-0.3, -0.25) is 0 Å². The van der Waals surface area contributed by atoms with Crippen molar-refractivity contribution in [3.8, 4) is 11.1 Å². The molecule has 3 heteroatoms. The molecule has 0 spiro atoms. The highest BCUT2D eigenvalue weighted by molar-refractivity contribution is 5.66. The first kappa shape index (κ1) is 24.8. The molecule has 2 fully saturated rings. The molecule has 2 aliphatic rings. The molecule has 2 aromatic carbocycles. The van der Waals surface area contributed by atoms with Crippen molar-refractivity contribution < 1.29 is 13.2 Å². The third-order valence-electron chi connectivity index (χ3n) is 8.19. The van der Waals surface area contributed by atoms with Gasteiger partial charge < -0.3 is 0 Å². The number of benzene rings is 2. The number of fused-ring (bicyclic) bond motifs is 1. The van der Waals surface area contributed by atoms with E-state index in [1.54, 1.807) is 12.1 Å². The van der Waals surface area contributed by atoms with Crippen LogP contribution in [0.4, 0.5) is 13.2 Å². The second-order valence-corrected chi connectivity index (χ2v) is 10.3. The predicted molar refractivity (Wildman–Crippen MR) is 135 cm³/mol. The van der Waals surface area contributed by atoms with E-state index in [0.29, 0.717) is 17.9 Å². The largest absolute Gasteiger partial charge is 0.207 e. The minimum atomic E-state index is -0.591. The van der Waals surface area contributed by atoms with E-state index < -0.39 is 17.5 Å². The maximum Gasteiger partial charge on any atom is 0.134 e. The summed E-state index contributed by atoms with van der Waals surface area (Å²) in [6.45, 7) is 5.78. The SMILES string of the molecule is C=CCCC1CCC2CC(c3cc(F)c(-c4ccc(CC/C=C/C)c(F)c4)c(F)c3)CCC2C1. The molecule has 0 nitrogen and oxygen atoms in total. The second kappa shape index (κ2) is 11.4. The van der Waals surface area contributed by atoms with Crippen LogP contribution >= 0.6 is 0 Å². The Morgan fingerprint density at radius 1 is 0.882 bits per heavy atom. The molecule has 0 radical (unpaired) electrons. The molecule has 4 unspecified atom stereocenters. The quantitative estimate of drug-likeness (QED) is 0.340.